The van der Waals surface area contributed by atoms with E-state index in [1.54, 1.807) is 11.7 Å². The molecule has 0 aliphatic rings. The monoisotopic (exact) mass is 219 g/mol. The van der Waals surface area contributed by atoms with Gasteiger partial charge in [-0.15, -0.1) is 0 Å². The molecule has 2 rings (SSSR count). The molecule has 1 aromatic heterocycles. The molecule has 0 saturated carbocycles. The van der Waals surface area contributed by atoms with Gasteiger partial charge in [0, 0.05) is 24.5 Å². The Labute approximate surface area is 92.5 Å². The molecule has 3 N–H and O–H groups in total. The molecule has 1 heterocycles. The molecular weight excluding hydrogens is 206 g/mol. The topological polar surface area (TPSA) is 81.1 Å². The second-order valence-electron chi connectivity index (χ2n) is 3.74. The van der Waals surface area contributed by atoms with Gasteiger partial charge in [-0.05, 0) is 6.07 Å². The van der Waals surface area contributed by atoms with Crippen molar-refractivity contribution in [1.82, 2.24) is 9.78 Å². The fraction of sp³-hybridized carbons (Fsp3) is 0.273. The molecule has 84 valence electrons. The van der Waals surface area contributed by atoms with Crippen molar-refractivity contribution in [1.29, 1.82) is 0 Å². The van der Waals surface area contributed by atoms with Gasteiger partial charge in [0.2, 0.25) is 0 Å². The molecule has 5 heteroatoms. The first-order valence-corrected chi connectivity index (χ1v) is 4.98. The van der Waals surface area contributed by atoms with Crippen LogP contribution in [-0.4, -0.2) is 26.9 Å². The Hall–Kier alpha value is -1.88. The van der Waals surface area contributed by atoms with E-state index >= 15 is 0 Å². The zero-order chi connectivity index (χ0) is 11.7. The Kier molecular flexibility index (Phi) is 2.62. The van der Waals surface area contributed by atoms with Crippen LogP contribution in [-0.2, 0) is 18.3 Å². The molecule has 0 aliphatic carbocycles. The number of fused-ring (bicyclic) bond motifs is 1. The van der Waals surface area contributed by atoms with Crippen molar-refractivity contribution >= 4 is 16.9 Å². The van der Waals surface area contributed by atoms with Crippen molar-refractivity contribution in [3.8, 4) is 0 Å². The van der Waals surface area contributed by atoms with Crippen LogP contribution in [0.25, 0.3) is 10.9 Å². The van der Waals surface area contributed by atoms with Gasteiger partial charge in [0.25, 0.3) is 0 Å². The van der Waals surface area contributed by atoms with Gasteiger partial charge >= 0.3 is 5.97 Å². The molecule has 2 aromatic rings. The number of aliphatic carboxylic acids is 1. The Morgan fingerprint density at radius 2 is 2.25 bits per heavy atom. The first-order valence-electron chi connectivity index (χ1n) is 4.98. The summed E-state index contributed by atoms with van der Waals surface area (Å²) in [6.07, 6.45) is 0.284. The third-order valence-corrected chi connectivity index (χ3v) is 2.59. The van der Waals surface area contributed by atoms with E-state index in [4.69, 9.17) is 10.8 Å². The van der Waals surface area contributed by atoms with Crippen LogP contribution < -0.4 is 5.73 Å². The lowest BCUT2D eigenvalue weighted by molar-refractivity contribution is -0.138. The van der Waals surface area contributed by atoms with E-state index in [9.17, 15) is 4.79 Å². The smallest absolute Gasteiger partial charge is 0.320 e. The Morgan fingerprint density at radius 3 is 2.94 bits per heavy atom. The van der Waals surface area contributed by atoms with Crippen LogP contribution >= 0.6 is 0 Å². The number of aromatic nitrogens is 2. The highest BCUT2D eigenvalue weighted by atomic mass is 16.4. The SMILES string of the molecule is Cn1nc2ccccc2c1CC(N)C(=O)O. The van der Waals surface area contributed by atoms with Crippen LogP contribution in [0.3, 0.4) is 0 Å². The van der Waals surface area contributed by atoms with E-state index < -0.39 is 12.0 Å². The molecule has 0 spiro atoms. The molecule has 5 nitrogen and oxygen atoms in total. The first kappa shape index (κ1) is 10.6. The minimum Gasteiger partial charge on any atom is -0.480 e. The molecular formula is C11H13N3O2. The van der Waals surface area contributed by atoms with Crippen LogP contribution in [0.2, 0.25) is 0 Å². The van der Waals surface area contributed by atoms with E-state index in [0.717, 1.165) is 16.6 Å². The lowest BCUT2D eigenvalue weighted by atomic mass is 10.1. The maximum Gasteiger partial charge on any atom is 0.320 e. The average Bonchev–Trinajstić information content (AvgIpc) is 2.55. The van der Waals surface area contributed by atoms with Gasteiger partial charge in [0.05, 0.1) is 5.52 Å². The fourth-order valence-corrected chi connectivity index (χ4v) is 1.74. The number of rotatable bonds is 3. The second-order valence-corrected chi connectivity index (χ2v) is 3.74. The number of hydrogen-bond acceptors (Lipinski definition) is 3. The van der Waals surface area contributed by atoms with Crippen molar-refractivity contribution < 1.29 is 9.90 Å². The predicted octanol–water partition coefficient (Wildman–Crippen LogP) is 0.528. The van der Waals surface area contributed by atoms with Crippen molar-refractivity contribution in [2.45, 2.75) is 12.5 Å². The summed E-state index contributed by atoms with van der Waals surface area (Å²) in [5, 5.41) is 14.0. The van der Waals surface area contributed by atoms with E-state index in [1.807, 2.05) is 24.3 Å². The molecule has 0 radical (unpaired) electrons. The summed E-state index contributed by atoms with van der Waals surface area (Å²) in [6.45, 7) is 0. The van der Waals surface area contributed by atoms with Gasteiger partial charge in [0.1, 0.15) is 6.04 Å². The minimum absolute atomic E-state index is 0.284. The van der Waals surface area contributed by atoms with Crippen LogP contribution in [0.1, 0.15) is 5.69 Å². The number of carboxylic acid groups (broad SMARTS) is 1. The molecule has 1 unspecified atom stereocenters. The van der Waals surface area contributed by atoms with Crippen molar-refractivity contribution in [3.63, 3.8) is 0 Å². The van der Waals surface area contributed by atoms with Crippen LogP contribution in [0.15, 0.2) is 24.3 Å². The van der Waals surface area contributed by atoms with Crippen LogP contribution in [0, 0.1) is 0 Å². The van der Waals surface area contributed by atoms with Crippen molar-refractivity contribution in [2.75, 3.05) is 0 Å². The predicted molar refractivity (Wildman–Crippen MR) is 60.0 cm³/mol. The van der Waals surface area contributed by atoms with Crippen molar-refractivity contribution in [2.24, 2.45) is 12.8 Å². The summed E-state index contributed by atoms with van der Waals surface area (Å²) in [5.41, 5.74) is 7.24. The second kappa shape index (κ2) is 3.94. The Bertz CT molecular complexity index is 533. The van der Waals surface area contributed by atoms with E-state index in [2.05, 4.69) is 5.10 Å². The van der Waals surface area contributed by atoms with E-state index in [0.29, 0.717) is 0 Å². The average molecular weight is 219 g/mol. The number of carbonyl (C=O) groups is 1. The lowest BCUT2D eigenvalue weighted by Crippen LogP contribution is -2.33. The number of benzene rings is 1. The summed E-state index contributed by atoms with van der Waals surface area (Å²) in [7, 11) is 1.80. The molecule has 0 amide bonds. The first-order chi connectivity index (χ1) is 7.59. The van der Waals surface area contributed by atoms with Crippen LogP contribution in [0.5, 0.6) is 0 Å². The third kappa shape index (κ3) is 1.77. The van der Waals surface area contributed by atoms with E-state index in [1.165, 1.54) is 0 Å². The molecule has 0 aliphatic heterocycles. The normalized spacial score (nSPS) is 12.9. The Balaban J connectivity index is 2.43. The number of aryl methyl sites for hydroxylation is 1. The molecule has 16 heavy (non-hydrogen) atoms. The van der Waals surface area contributed by atoms with Gasteiger partial charge in [0.15, 0.2) is 0 Å². The van der Waals surface area contributed by atoms with E-state index in [-0.39, 0.29) is 6.42 Å². The number of carboxylic acids is 1. The standard InChI is InChI=1S/C11H13N3O2/c1-14-10(6-8(12)11(15)16)7-4-2-3-5-9(7)13-14/h2-5,8H,6,12H2,1H3,(H,15,16). The van der Waals surface area contributed by atoms with Gasteiger partial charge in [-0.25, -0.2) is 0 Å². The summed E-state index contributed by atoms with van der Waals surface area (Å²) in [6, 6.07) is 6.73. The summed E-state index contributed by atoms with van der Waals surface area (Å²) in [4.78, 5) is 10.7. The number of nitrogens with zero attached hydrogens (tertiary/aromatic N) is 2. The van der Waals surface area contributed by atoms with Gasteiger partial charge in [-0.2, -0.15) is 5.10 Å². The van der Waals surface area contributed by atoms with Crippen LogP contribution in [0.4, 0.5) is 0 Å². The Morgan fingerprint density at radius 1 is 1.56 bits per heavy atom. The zero-order valence-corrected chi connectivity index (χ0v) is 8.92. The lowest BCUT2D eigenvalue weighted by Gasteiger charge is -2.06. The number of hydrogen-bond donors (Lipinski definition) is 2. The van der Waals surface area contributed by atoms with Gasteiger partial charge < -0.3 is 10.8 Å². The maximum absolute atomic E-state index is 10.7. The molecule has 0 fully saturated rings. The molecule has 0 saturated heterocycles. The largest absolute Gasteiger partial charge is 0.480 e. The fourth-order valence-electron chi connectivity index (χ4n) is 1.74. The minimum atomic E-state index is -0.995. The maximum atomic E-state index is 10.7. The molecule has 1 atom stereocenters. The highest BCUT2D eigenvalue weighted by molar-refractivity contribution is 5.82. The number of nitrogens with two attached hydrogens (primary N) is 1. The quantitative estimate of drug-likeness (QED) is 0.788. The third-order valence-electron chi connectivity index (χ3n) is 2.59. The highest BCUT2D eigenvalue weighted by Crippen LogP contribution is 2.18. The molecule has 1 aromatic carbocycles. The highest BCUT2D eigenvalue weighted by Gasteiger charge is 2.17. The summed E-state index contributed by atoms with van der Waals surface area (Å²) < 4.78 is 1.69. The molecule has 0 bridgehead atoms. The summed E-state index contributed by atoms with van der Waals surface area (Å²) in [5.74, 6) is -0.995. The van der Waals surface area contributed by atoms with Gasteiger partial charge in [-0.3, -0.25) is 9.48 Å². The zero-order valence-electron chi connectivity index (χ0n) is 8.92. The van der Waals surface area contributed by atoms with Crippen molar-refractivity contribution in [3.05, 3.63) is 30.0 Å². The summed E-state index contributed by atoms with van der Waals surface area (Å²) >= 11 is 0. The van der Waals surface area contributed by atoms with Gasteiger partial charge in [-0.1, -0.05) is 18.2 Å².